The van der Waals surface area contributed by atoms with Crippen molar-refractivity contribution in [2.75, 3.05) is 0 Å². The van der Waals surface area contributed by atoms with Crippen LogP contribution in [0.2, 0.25) is 0 Å². The summed E-state index contributed by atoms with van der Waals surface area (Å²) in [5.41, 5.74) is 6.67. The van der Waals surface area contributed by atoms with Crippen molar-refractivity contribution >= 4 is 5.97 Å². The Bertz CT molecular complexity index is 653. The van der Waals surface area contributed by atoms with Crippen LogP contribution in [0.1, 0.15) is 88.0 Å². The third kappa shape index (κ3) is 7.52. The molecule has 2 rings (SSSR count). The molecule has 0 heterocycles. The summed E-state index contributed by atoms with van der Waals surface area (Å²) in [6.07, 6.45) is 11.1. The van der Waals surface area contributed by atoms with Crippen molar-refractivity contribution in [2.45, 2.75) is 98.5 Å². The van der Waals surface area contributed by atoms with Crippen LogP contribution in [-0.2, 0) is 16.0 Å². The van der Waals surface area contributed by atoms with E-state index >= 15 is 0 Å². The number of ether oxygens (including phenoxy) is 1. The monoisotopic (exact) mass is 370 g/mol. The third-order valence-corrected chi connectivity index (χ3v) is 5.55. The first-order chi connectivity index (χ1) is 12.6. The number of rotatable bonds is 5. The molecule has 1 atom stereocenters. The zero-order valence-corrected chi connectivity index (χ0v) is 18.3. The zero-order chi connectivity index (χ0) is 20.0. The number of carbonyl (C=O) groups is 1. The molecule has 0 aromatic heterocycles. The molecule has 2 heteroatoms. The highest BCUT2D eigenvalue weighted by molar-refractivity contribution is 5.72. The molecule has 1 unspecified atom stereocenters. The van der Waals surface area contributed by atoms with E-state index in [0.29, 0.717) is 6.42 Å². The van der Waals surface area contributed by atoms with E-state index in [4.69, 9.17) is 4.74 Å². The molecule has 0 aliphatic heterocycles. The molecule has 0 N–H and O–H groups in total. The van der Waals surface area contributed by atoms with E-state index < -0.39 is 5.60 Å². The minimum atomic E-state index is -0.392. The van der Waals surface area contributed by atoms with Crippen LogP contribution in [0.15, 0.2) is 23.8 Å². The van der Waals surface area contributed by atoms with Crippen molar-refractivity contribution in [1.82, 2.24) is 0 Å². The number of esters is 1. The van der Waals surface area contributed by atoms with Gasteiger partial charge in [0.15, 0.2) is 0 Å². The Morgan fingerprint density at radius 1 is 1.11 bits per heavy atom. The molecule has 0 radical (unpaired) electrons. The molecule has 0 saturated heterocycles. The van der Waals surface area contributed by atoms with Crippen LogP contribution >= 0.6 is 0 Å². The largest absolute Gasteiger partial charge is 0.460 e. The predicted octanol–water partition coefficient (Wildman–Crippen LogP) is 6.78. The van der Waals surface area contributed by atoms with Gasteiger partial charge in [-0.2, -0.15) is 0 Å². The van der Waals surface area contributed by atoms with Gasteiger partial charge in [0.25, 0.3) is 0 Å². The minimum Gasteiger partial charge on any atom is -0.460 e. The molecule has 0 saturated carbocycles. The van der Waals surface area contributed by atoms with Gasteiger partial charge in [-0.1, -0.05) is 35.8 Å². The van der Waals surface area contributed by atoms with Crippen molar-refractivity contribution in [1.29, 1.82) is 0 Å². The molecule has 0 fully saturated rings. The van der Waals surface area contributed by atoms with E-state index in [0.717, 1.165) is 18.8 Å². The average Bonchev–Trinajstić information content (AvgIpc) is 2.48. The van der Waals surface area contributed by atoms with E-state index in [-0.39, 0.29) is 5.97 Å². The smallest absolute Gasteiger partial charge is 0.310 e. The maximum Gasteiger partial charge on any atom is 0.310 e. The first-order valence-corrected chi connectivity index (χ1v) is 10.6. The maximum absolute atomic E-state index is 12.1. The third-order valence-electron chi connectivity index (χ3n) is 5.55. The zero-order valence-electron chi connectivity index (χ0n) is 18.3. The van der Waals surface area contributed by atoms with Crippen molar-refractivity contribution in [3.63, 3.8) is 0 Å². The summed E-state index contributed by atoms with van der Waals surface area (Å²) in [6, 6.07) is 4.62. The Labute approximate surface area is 166 Å². The van der Waals surface area contributed by atoms with Gasteiger partial charge in [0.1, 0.15) is 5.60 Å². The molecule has 1 aliphatic rings. The number of hydrogen-bond donors (Lipinski definition) is 0. The molecular formula is C25H38O2. The molecule has 2 nitrogen and oxygen atoms in total. The van der Waals surface area contributed by atoms with Gasteiger partial charge in [-0.25, -0.2) is 0 Å². The Kier molecular flexibility index (Phi) is 7.70. The van der Waals surface area contributed by atoms with E-state index in [2.05, 4.69) is 39.0 Å². The van der Waals surface area contributed by atoms with Crippen molar-refractivity contribution in [3.8, 4) is 0 Å². The molecular weight excluding hydrogens is 332 g/mol. The lowest BCUT2D eigenvalue weighted by Crippen LogP contribution is -2.24. The lowest BCUT2D eigenvalue weighted by molar-refractivity contribution is -0.153. The normalized spacial score (nSPS) is 18.4. The molecule has 27 heavy (non-hydrogen) atoms. The summed E-state index contributed by atoms with van der Waals surface area (Å²) in [5.74, 6) is 0.709. The topological polar surface area (TPSA) is 26.3 Å². The number of carbonyl (C=O) groups excluding carboxylic acids is 1. The minimum absolute atomic E-state index is 0.0869. The fourth-order valence-electron chi connectivity index (χ4n) is 4.35. The van der Waals surface area contributed by atoms with Gasteiger partial charge in [0.05, 0.1) is 6.42 Å². The van der Waals surface area contributed by atoms with E-state index in [1.807, 2.05) is 20.8 Å². The highest BCUT2D eigenvalue weighted by atomic mass is 16.6. The van der Waals surface area contributed by atoms with Crippen LogP contribution in [0.25, 0.3) is 0 Å². The fraction of sp³-hybridized carbons (Fsp3) is 0.640. The Hall–Kier alpha value is -1.57. The number of aryl methyl sites for hydroxylation is 3. The standard InChI is InChI=1S/C25H38O2/c1-18-15-19(2)23(20(3)16-18)14-13-21-9-7-11-22(12-8-10-21)17-24(26)27-25(4,5)6/h11,15-16,21H,7-10,12-14,17H2,1-6H3. The lowest BCUT2D eigenvalue weighted by atomic mass is 9.85. The molecule has 1 aromatic carbocycles. The highest BCUT2D eigenvalue weighted by Crippen LogP contribution is 2.29. The Balaban J connectivity index is 1.85. The van der Waals surface area contributed by atoms with Gasteiger partial charge >= 0.3 is 5.97 Å². The molecule has 1 aromatic rings. The quantitative estimate of drug-likeness (QED) is 0.421. The summed E-state index contributed by atoms with van der Waals surface area (Å²) < 4.78 is 5.47. The molecule has 150 valence electrons. The van der Waals surface area contributed by atoms with Crippen LogP contribution in [0, 0.1) is 26.7 Å². The van der Waals surface area contributed by atoms with Gasteiger partial charge in [0.2, 0.25) is 0 Å². The SMILES string of the molecule is Cc1cc(C)c(CCC2CCC=C(CC(=O)OC(C)(C)C)CCC2)c(C)c1. The summed E-state index contributed by atoms with van der Waals surface area (Å²) >= 11 is 0. The summed E-state index contributed by atoms with van der Waals surface area (Å²) in [5, 5.41) is 0. The molecule has 1 aliphatic carbocycles. The predicted molar refractivity (Wildman–Crippen MR) is 114 cm³/mol. The molecule has 0 spiro atoms. The Morgan fingerprint density at radius 2 is 1.78 bits per heavy atom. The van der Waals surface area contributed by atoms with Crippen LogP contribution in [0.3, 0.4) is 0 Å². The van der Waals surface area contributed by atoms with Crippen LogP contribution in [0.5, 0.6) is 0 Å². The van der Waals surface area contributed by atoms with Gasteiger partial charge in [-0.05, 0) is 103 Å². The van der Waals surface area contributed by atoms with E-state index in [1.54, 1.807) is 5.56 Å². The van der Waals surface area contributed by atoms with Crippen molar-refractivity contribution in [2.24, 2.45) is 5.92 Å². The Morgan fingerprint density at radius 3 is 2.41 bits per heavy atom. The summed E-state index contributed by atoms with van der Waals surface area (Å²) in [4.78, 5) is 12.1. The number of benzene rings is 1. The number of allylic oxidation sites excluding steroid dienone is 1. The van der Waals surface area contributed by atoms with Crippen molar-refractivity contribution < 1.29 is 9.53 Å². The van der Waals surface area contributed by atoms with E-state index in [1.165, 1.54) is 54.4 Å². The van der Waals surface area contributed by atoms with Crippen LogP contribution in [0.4, 0.5) is 0 Å². The second-order valence-corrected chi connectivity index (χ2v) is 9.38. The summed E-state index contributed by atoms with van der Waals surface area (Å²) in [7, 11) is 0. The van der Waals surface area contributed by atoms with Crippen LogP contribution in [-0.4, -0.2) is 11.6 Å². The molecule has 0 amide bonds. The van der Waals surface area contributed by atoms with E-state index in [9.17, 15) is 4.79 Å². The van der Waals surface area contributed by atoms with Gasteiger partial charge in [-0.15, -0.1) is 0 Å². The van der Waals surface area contributed by atoms with Gasteiger partial charge in [0, 0.05) is 0 Å². The maximum atomic E-state index is 12.1. The first kappa shape index (κ1) is 21.7. The summed E-state index contributed by atoms with van der Waals surface area (Å²) in [6.45, 7) is 12.5. The second-order valence-electron chi connectivity index (χ2n) is 9.38. The fourth-order valence-corrected chi connectivity index (χ4v) is 4.35. The van der Waals surface area contributed by atoms with Gasteiger partial charge < -0.3 is 4.74 Å². The first-order valence-electron chi connectivity index (χ1n) is 10.6. The second kappa shape index (κ2) is 9.57. The highest BCUT2D eigenvalue weighted by Gasteiger charge is 2.19. The van der Waals surface area contributed by atoms with Gasteiger partial charge in [-0.3, -0.25) is 4.79 Å². The molecule has 0 bridgehead atoms. The lowest BCUT2D eigenvalue weighted by Gasteiger charge is -2.22. The van der Waals surface area contributed by atoms with Crippen LogP contribution < -0.4 is 0 Å². The number of hydrogen-bond acceptors (Lipinski definition) is 2. The average molecular weight is 371 g/mol. The van der Waals surface area contributed by atoms with Crippen molar-refractivity contribution in [3.05, 3.63) is 46.0 Å².